The fourth-order valence-electron chi connectivity index (χ4n) is 1.50. The molecule has 1 aliphatic heterocycles. The standard InChI is InChI=1S/C10H19NO3S/c11-9(10(12)13)3-6-15-7-8-1-4-14-5-2-8/h8-9H,1-7,11H2,(H,12,13). The SMILES string of the molecule is NC(CCSCC1CCOCC1)C(=O)O. The van der Waals surface area contributed by atoms with Crippen LogP contribution in [0, 0.1) is 5.92 Å². The number of ether oxygens (including phenoxy) is 1. The second kappa shape index (κ2) is 7.09. The Morgan fingerprint density at radius 3 is 2.80 bits per heavy atom. The molecule has 88 valence electrons. The molecule has 1 atom stereocenters. The van der Waals surface area contributed by atoms with E-state index in [2.05, 4.69) is 0 Å². The van der Waals surface area contributed by atoms with E-state index in [1.807, 2.05) is 0 Å². The van der Waals surface area contributed by atoms with E-state index in [1.54, 1.807) is 11.8 Å². The van der Waals surface area contributed by atoms with Gasteiger partial charge in [0, 0.05) is 13.2 Å². The van der Waals surface area contributed by atoms with Crippen LogP contribution >= 0.6 is 11.8 Å². The highest BCUT2D eigenvalue weighted by molar-refractivity contribution is 7.99. The van der Waals surface area contributed by atoms with E-state index >= 15 is 0 Å². The fraction of sp³-hybridized carbons (Fsp3) is 0.900. The van der Waals surface area contributed by atoms with Gasteiger partial charge in [0.1, 0.15) is 6.04 Å². The number of carboxylic acids is 1. The van der Waals surface area contributed by atoms with Gasteiger partial charge in [0.05, 0.1) is 0 Å². The zero-order valence-electron chi connectivity index (χ0n) is 8.85. The summed E-state index contributed by atoms with van der Waals surface area (Å²) in [7, 11) is 0. The molecule has 1 fully saturated rings. The molecule has 1 heterocycles. The van der Waals surface area contributed by atoms with E-state index < -0.39 is 12.0 Å². The maximum Gasteiger partial charge on any atom is 0.320 e. The second-order valence-corrected chi connectivity index (χ2v) is 5.01. The molecule has 0 aliphatic carbocycles. The van der Waals surface area contributed by atoms with E-state index in [0.717, 1.165) is 43.5 Å². The average Bonchev–Trinajstić information content (AvgIpc) is 2.25. The first-order chi connectivity index (χ1) is 7.20. The van der Waals surface area contributed by atoms with Crippen molar-refractivity contribution < 1.29 is 14.6 Å². The third-order valence-corrected chi connectivity index (χ3v) is 3.82. The summed E-state index contributed by atoms with van der Waals surface area (Å²) in [6.07, 6.45) is 2.83. The Morgan fingerprint density at radius 2 is 2.20 bits per heavy atom. The lowest BCUT2D eigenvalue weighted by atomic mass is 10.0. The number of rotatable bonds is 6. The highest BCUT2D eigenvalue weighted by Crippen LogP contribution is 2.20. The number of hydrogen-bond acceptors (Lipinski definition) is 4. The number of hydrogen-bond donors (Lipinski definition) is 2. The van der Waals surface area contributed by atoms with E-state index in [1.165, 1.54) is 0 Å². The summed E-state index contributed by atoms with van der Waals surface area (Å²) in [6, 6.07) is -0.702. The largest absolute Gasteiger partial charge is 0.480 e. The van der Waals surface area contributed by atoms with Crippen LogP contribution in [0.15, 0.2) is 0 Å². The number of carbonyl (C=O) groups is 1. The molecule has 1 saturated heterocycles. The van der Waals surface area contributed by atoms with Gasteiger partial charge in [-0.1, -0.05) is 0 Å². The summed E-state index contributed by atoms with van der Waals surface area (Å²) in [5.41, 5.74) is 5.40. The van der Waals surface area contributed by atoms with Crippen LogP contribution < -0.4 is 5.73 Å². The van der Waals surface area contributed by atoms with Gasteiger partial charge in [0.25, 0.3) is 0 Å². The molecule has 1 rings (SSSR count). The summed E-state index contributed by atoms with van der Waals surface area (Å²) in [6.45, 7) is 1.75. The Labute approximate surface area is 94.6 Å². The normalized spacial score (nSPS) is 20.1. The molecule has 0 bridgehead atoms. The third kappa shape index (κ3) is 5.39. The minimum Gasteiger partial charge on any atom is -0.480 e. The molecule has 0 amide bonds. The maximum atomic E-state index is 10.4. The molecule has 3 N–H and O–H groups in total. The van der Waals surface area contributed by atoms with Crippen molar-refractivity contribution in [3.63, 3.8) is 0 Å². The van der Waals surface area contributed by atoms with Crippen LogP contribution in [0.25, 0.3) is 0 Å². The molecule has 0 aromatic rings. The molecular formula is C10H19NO3S. The van der Waals surface area contributed by atoms with Crippen LogP contribution in [0.2, 0.25) is 0 Å². The number of thioether (sulfide) groups is 1. The lowest BCUT2D eigenvalue weighted by Gasteiger charge is -2.21. The van der Waals surface area contributed by atoms with E-state index in [9.17, 15) is 4.79 Å². The molecule has 0 aromatic heterocycles. The summed E-state index contributed by atoms with van der Waals surface area (Å²) in [5, 5.41) is 8.58. The molecule has 0 spiro atoms. The Bertz CT molecular complexity index is 195. The van der Waals surface area contributed by atoms with Gasteiger partial charge in [-0.2, -0.15) is 11.8 Å². The highest BCUT2D eigenvalue weighted by Gasteiger charge is 2.14. The van der Waals surface area contributed by atoms with Crippen molar-refractivity contribution in [3.8, 4) is 0 Å². The quantitative estimate of drug-likeness (QED) is 0.668. The molecule has 4 nitrogen and oxygen atoms in total. The smallest absolute Gasteiger partial charge is 0.320 e. The predicted octanol–water partition coefficient (Wildman–Crippen LogP) is 0.948. The summed E-state index contributed by atoms with van der Waals surface area (Å²) < 4.78 is 5.27. The van der Waals surface area contributed by atoms with E-state index in [-0.39, 0.29) is 0 Å². The van der Waals surface area contributed by atoms with Gasteiger partial charge in [-0.05, 0) is 36.7 Å². The van der Waals surface area contributed by atoms with Crippen LogP contribution in [-0.2, 0) is 9.53 Å². The Balaban J connectivity index is 1.98. The Kier molecular flexibility index (Phi) is 6.05. The fourth-order valence-corrected chi connectivity index (χ4v) is 2.75. The summed E-state index contributed by atoms with van der Waals surface area (Å²) in [5.74, 6) is 1.78. The van der Waals surface area contributed by atoms with Crippen molar-refractivity contribution in [1.29, 1.82) is 0 Å². The van der Waals surface area contributed by atoms with Crippen LogP contribution in [0.3, 0.4) is 0 Å². The molecule has 5 heteroatoms. The van der Waals surface area contributed by atoms with Crippen molar-refractivity contribution in [2.24, 2.45) is 11.7 Å². The minimum atomic E-state index is -0.901. The molecule has 0 saturated carbocycles. The van der Waals surface area contributed by atoms with E-state index in [4.69, 9.17) is 15.6 Å². The van der Waals surface area contributed by atoms with Crippen molar-refractivity contribution in [1.82, 2.24) is 0 Å². The summed E-state index contributed by atoms with van der Waals surface area (Å²) >= 11 is 1.81. The van der Waals surface area contributed by atoms with Gasteiger partial charge < -0.3 is 15.6 Å². The number of carboxylic acid groups (broad SMARTS) is 1. The van der Waals surface area contributed by atoms with Gasteiger partial charge in [-0.25, -0.2) is 0 Å². The first-order valence-electron chi connectivity index (χ1n) is 5.34. The highest BCUT2D eigenvalue weighted by atomic mass is 32.2. The predicted molar refractivity (Wildman–Crippen MR) is 61.1 cm³/mol. The summed E-state index contributed by atoms with van der Waals surface area (Å²) in [4.78, 5) is 10.4. The molecule has 0 aromatic carbocycles. The lowest BCUT2D eigenvalue weighted by molar-refractivity contribution is -0.138. The van der Waals surface area contributed by atoms with Crippen LogP contribution in [0.5, 0.6) is 0 Å². The van der Waals surface area contributed by atoms with Crippen molar-refractivity contribution in [2.75, 3.05) is 24.7 Å². The number of nitrogens with two attached hydrogens (primary N) is 1. The van der Waals surface area contributed by atoms with Gasteiger partial charge in [0.2, 0.25) is 0 Å². The molecule has 1 unspecified atom stereocenters. The lowest BCUT2D eigenvalue weighted by Crippen LogP contribution is -2.30. The third-order valence-electron chi connectivity index (χ3n) is 2.58. The molecule has 0 radical (unpaired) electrons. The molecule has 1 aliphatic rings. The van der Waals surface area contributed by atoms with Gasteiger partial charge in [0.15, 0.2) is 0 Å². The van der Waals surface area contributed by atoms with Crippen molar-refractivity contribution in [2.45, 2.75) is 25.3 Å². The average molecular weight is 233 g/mol. The zero-order valence-corrected chi connectivity index (χ0v) is 9.67. The van der Waals surface area contributed by atoms with Gasteiger partial charge in [-0.15, -0.1) is 0 Å². The minimum absolute atomic E-state index is 0.559. The molecule has 15 heavy (non-hydrogen) atoms. The van der Waals surface area contributed by atoms with Gasteiger partial charge in [-0.3, -0.25) is 4.79 Å². The van der Waals surface area contributed by atoms with E-state index in [0.29, 0.717) is 6.42 Å². The van der Waals surface area contributed by atoms with Crippen molar-refractivity contribution >= 4 is 17.7 Å². The van der Waals surface area contributed by atoms with Crippen LogP contribution in [-0.4, -0.2) is 41.8 Å². The monoisotopic (exact) mass is 233 g/mol. The maximum absolute atomic E-state index is 10.4. The van der Waals surface area contributed by atoms with Crippen molar-refractivity contribution in [3.05, 3.63) is 0 Å². The van der Waals surface area contributed by atoms with Crippen LogP contribution in [0.1, 0.15) is 19.3 Å². The first-order valence-corrected chi connectivity index (χ1v) is 6.49. The number of aliphatic carboxylic acids is 1. The Hall–Kier alpha value is -0.260. The molecular weight excluding hydrogens is 214 g/mol. The van der Waals surface area contributed by atoms with Gasteiger partial charge >= 0.3 is 5.97 Å². The topological polar surface area (TPSA) is 72.5 Å². The second-order valence-electron chi connectivity index (χ2n) is 3.86. The van der Waals surface area contributed by atoms with Crippen LogP contribution in [0.4, 0.5) is 0 Å². The zero-order chi connectivity index (χ0) is 11.1. The first kappa shape index (κ1) is 12.8. The Morgan fingerprint density at radius 1 is 1.53 bits per heavy atom.